The lowest BCUT2D eigenvalue weighted by atomic mass is 10.00. The van der Waals surface area contributed by atoms with E-state index in [-0.39, 0.29) is 0 Å². The highest BCUT2D eigenvalue weighted by molar-refractivity contribution is 7.26. The van der Waals surface area contributed by atoms with Gasteiger partial charge < -0.3 is 4.57 Å². The van der Waals surface area contributed by atoms with Gasteiger partial charge in [-0.1, -0.05) is 200 Å². The molecule has 318 valence electrons. The minimum absolute atomic E-state index is 0.588. The molecule has 3 heterocycles. The first-order valence-corrected chi connectivity index (χ1v) is 23.7. The van der Waals surface area contributed by atoms with Gasteiger partial charge in [0.25, 0.3) is 0 Å². The molecule has 0 unspecified atom stereocenters. The van der Waals surface area contributed by atoms with Crippen LogP contribution in [0.3, 0.4) is 0 Å². The minimum Gasteiger partial charge on any atom is -0.308 e. The Morgan fingerprint density at radius 2 is 0.765 bits per heavy atom. The van der Waals surface area contributed by atoms with Crippen LogP contribution in [-0.2, 0) is 0 Å². The van der Waals surface area contributed by atoms with Gasteiger partial charge in [-0.05, 0) is 87.0 Å². The van der Waals surface area contributed by atoms with Gasteiger partial charge in [0, 0.05) is 47.6 Å². The lowest BCUT2D eigenvalue weighted by Gasteiger charge is -2.17. The third kappa shape index (κ3) is 6.96. The van der Waals surface area contributed by atoms with E-state index < -0.39 is 0 Å². The molecule has 0 spiro atoms. The number of rotatable bonds is 8. The van der Waals surface area contributed by atoms with Gasteiger partial charge in [0.2, 0.25) is 0 Å². The molecule has 0 atom stereocenters. The summed E-state index contributed by atoms with van der Waals surface area (Å²) in [6.07, 6.45) is 0. The molecular weight excluding hydrogens is 845 g/mol. The number of para-hydroxylation sites is 1. The summed E-state index contributed by atoms with van der Waals surface area (Å²) in [5.74, 6) is 1.79. The van der Waals surface area contributed by atoms with Gasteiger partial charge in [-0.2, -0.15) is 0 Å². The van der Waals surface area contributed by atoms with Gasteiger partial charge >= 0.3 is 0 Å². The van der Waals surface area contributed by atoms with E-state index in [1.807, 2.05) is 23.5 Å². The van der Waals surface area contributed by atoms with E-state index >= 15 is 0 Å². The van der Waals surface area contributed by atoms with Crippen LogP contribution in [0.25, 0.3) is 126 Å². The molecule has 0 saturated carbocycles. The predicted molar refractivity (Wildman–Crippen MR) is 285 cm³/mol. The van der Waals surface area contributed by atoms with Gasteiger partial charge in [0.05, 0.1) is 16.7 Å². The number of thiophene rings is 1. The third-order valence-corrected chi connectivity index (χ3v) is 14.3. The Morgan fingerprint density at radius 1 is 0.279 bits per heavy atom. The summed E-state index contributed by atoms with van der Waals surface area (Å²) < 4.78 is 5.00. The molecule has 13 aromatic rings. The van der Waals surface area contributed by atoms with Gasteiger partial charge in [-0.15, -0.1) is 11.3 Å². The molecule has 0 aliphatic rings. The van der Waals surface area contributed by atoms with Crippen molar-refractivity contribution in [1.82, 2.24) is 19.5 Å². The van der Waals surface area contributed by atoms with Gasteiger partial charge in [-0.3, -0.25) is 0 Å². The lowest BCUT2D eigenvalue weighted by molar-refractivity contribution is 1.06. The van der Waals surface area contributed by atoms with Crippen molar-refractivity contribution in [3.8, 4) is 84.4 Å². The van der Waals surface area contributed by atoms with Crippen LogP contribution in [0.15, 0.2) is 243 Å². The molecule has 4 nitrogen and oxygen atoms in total. The van der Waals surface area contributed by atoms with Crippen LogP contribution in [0.4, 0.5) is 0 Å². The van der Waals surface area contributed by atoms with Gasteiger partial charge in [0.15, 0.2) is 17.5 Å². The van der Waals surface area contributed by atoms with E-state index in [1.165, 1.54) is 42.1 Å². The van der Waals surface area contributed by atoms with E-state index in [0.29, 0.717) is 17.5 Å². The monoisotopic (exact) mass is 884 g/mol. The maximum Gasteiger partial charge on any atom is 0.166 e. The van der Waals surface area contributed by atoms with Crippen LogP contribution in [0, 0.1) is 0 Å². The topological polar surface area (TPSA) is 43.6 Å². The molecule has 0 radical (unpaired) electrons. The number of nitrogens with zero attached hydrogens (tertiary/aromatic N) is 4. The molecule has 5 heteroatoms. The Bertz CT molecular complexity index is 3920. The van der Waals surface area contributed by atoms with Gasteiger partial charge in [0.1, 0.15) is 0 Å². The molecule has 0 N–H and O–H groups in total. The largest absolute Gasteiger partial charge is 0.308 e. The molecule has 3 aromatic heterocycles. The Hall–Kier alpha value is -8.77. The number of fused-ring (bicyclic) bond motifs is 6. The van der Waals surface area contributed by atoms with Crippen molar-refractivity contribution in [2.75, 3.05) is 0 Å². The predicted octanol–water partition coefficient (Wildman–Crippen LogP) is 17.0. The quantitative estimate of drug-likeness (QED) is 0.153. The molecule has 0 aliphatic heterocycles. The number of hydrogen-bond donors (Lipinski definition) is 0. The molecular formula is C63H40N4S. The Kier molecular flexibility index (Phi) is 9.66. The van der Waals surface area contributed by atoms with E-state index in [4.69, 9.17) is 15.0 Å². The van der Waals surface area contributed by atoms with E-state index in [2.05, 4.69) is 235 Å². The Morgan fingerprint density at radius 3 is 1.43 bits per heavy atom. The Balaban J connectivity index is 1.07. The highest BCUT2D eigenvalue weighted by atomic mass is 32.1. The lowest BCUT2D eigenvalue weighted by Crippen LogP contribution is -2.04. The second kappa shape index (κ2) is 16.6. The van der Waals surface area contributed by atoms with E-state index in [1.54, 1.807) is 0 Å². The minimum atomic E-state index is 0.588. The van der Waals surface area contributed by atoms with Crippen LogP contribution < -0.4 is 0 Å². The SMILES string of the molecule is c1ccc(-c2cccc(-c3nc(-c4cccc(-c5ccccc5)c4)nc(-c4cc(-c5ccccc5)ccc4-n4c5ccccc5c5ccc(-c6cccc7c6sc6ccccc67)cc54)n3)c2)cc1. The van der Waals surface area contributed by atoms with Crippen molar-refractivity contribution in [2.24, 2.45) is 0 Å². The third-order valence-electron chi connectivity index (χ3n) is 13.1. The average molecular weight is 885 g/mol. The van der Waals surface area contributed by atoms with Gasteiger partial charge in [-0.25, -0.2) is 15.0 Å². The molecule has 10 aromatic carbocycles. The summed E-state index contributed by atoms with van der Waals surface area (Å²) in [6.45, 7) is 0. The number of hydrogen-bond acceptors (Lipinski definition) is 4. The zero-order valence-electron chi connectivity index (χ0n) is 36.8. The zero-order valence-corrected chi connectivity index (χ0v) is 37.6. The fraction of sp³-hybridized carbons (Fsp3) is 0. The van der Waals surface area contributed by atoms with Crippen LogP contribution in [0.1, 0.15) is 0 Å². The highest BCUT2D eigenvalue weighted by Crippen LogP contribution is 2.43. The molecule has 13 rings (SSSR count). The van der Waals surface area contributed by atoms with Crippen molar-refractivity contribution >= 4 is 53.3 Å². The summed E-state index contributed by atoms with van der Waals surface area (Å²) in [5.41, 5.74) is 14.9. The normalized spacial score (nSPS) is 11.5. The average Bonchev–Trinajstić information content (AvgIpc) is 3.97. The molecule has 68 heavy (non-hydrogen) atoms. The maximum atomic E-state index is 5.47. The fourth-order valence-corrected chi connectivity index (χ4v) is 11.0. The smallest absolute Gasteiger partial charge is 0.166 e. The van der Waals surface area contributed by atoms with Crippen molar-refractivity contribution in [3.05, 3.63) is 243 Å². The van der Waals surface area contributed by atoms with Crippen molar-refractivity contribution in [2.45, 2.75) is 0 Å². The standard InChI is InChI=1S/C63H40N4S/c1-4-17-41(18-5-1)44-23-14-25-48(37-44)61-64-62(49-26-15-24-45(38-49)42-19-6-2-7-20-42)66-63(65-61)55-39-46(43-21-8-3-9-22-43)34-36-57(55)67-56-31-12-10-27-51(56)52-35-33-47(40-58(52)67)50-29-16-30-54-53-28-11-13-32-59(53)68-60(50)54/h1-40H. The molecule has 0 bridgehead atoms. The van der Waals surface area contributed by atoms with Crippen LogP contribution >= 0.6 is 11.3 Å². The summed E-state index contributed by atoms with van der Waals surface area (Å²) in [4.78, 5) is 16.2. The summed E-state index contributed by atoms with van der Waals surface area (Å²) in [6, 6.07) is 86.4. The molecule has 0 aliphatic carbocycles. The Labute approximate surface area is 397 Å². The molecule has 0 amide bonds. The van der Waals surface area contributed by atoms with E-state index in [9.17, 15) is 0 Å². The van der Waals surface area contributed by atoms with Crippen LogP contribution in [0.2, 0.25) is 0 Å². The van der Waals surface area contributed by atoms with Crippen LogP contribution in [0.5, 0.6) is 0 Å². The second-order valence-electron chi connectivity index (χ2n) is 17.2. The summed E-state index contributed by atoms with van der Waals surface area (Å²) in [7, 11) is 0. The van der Waals surface area contributed by atoms with E-state index in [0.717, 1.165) is 66.8 Å². The fourth-order valence-electron chi connectivity index (χ4n) is 9.78. The van der Waals surface area contributed by atoms with Crippen molar-refractivity contribution in [1.29, 1.82) is 0 Å². The second-order valence-corrected chi connectivity index (χ2v) is 18.2. The number of benzene rings is 10. The molecule has 0 fully saturated rings. The first-order chi connectivity index (χ1) is 33.7. The molecule has 0 saturated heterocycles. The first-order valence-electron chi connectivity index (χ1n) is 22.9. The number of aromatic nitrogens is 4. The first kappa shape index (κ1) is 39.6. The van der Waals surface area contributed by atoms with Crippen molar-refractivity contribution in [3.63, 3.8) is 0 Å². The van der Waals surface area contributed by atoms with Crippen LogP contribution in [-0.4, -0.2) is 19.5 Å². The summed E-state index contributed by atoms with van der Waals surface area (Å²) in [5, 5.41) is 4.94. The van der Waals surface area contributed by atoms with Crippen molar-refractivity contribution < 1.29 is 0 Å². The summed E-state index contributed by atoms with van der Waals surface area (Å²) >= 11 is 1.86. The highest BCUT2D eigenvalue weighted by Gasteiger charge is 2.22. The zero-order chi connectivity index (χ0) is 45.0. The maximum absolute atomic E-state index is 5.47.